The third-order valence-corrected chi connectivity index (χ3v) is 5.14. The molecule has 0 saturated carbocycles. The summed E-state index contributed by atoms with van der Waals surface area (Å²) >= 11 is 5.95. The lowest BCUT2D eigenvalue weighted by Crippen LogP contribution is -2.47. The summed E-state index contributed by atoms with van der Waals surface area (Å²) in [6, 6.07) is 8.11. The molecule has 0 radical (unpaired) electrons. The molecule has 1 aromatic rings. The smallest absolute Gasteiger partial charge is 0.237 e. The van der Waals surface area contributed by atoms with E-state index in [1.165, 1.54) is 5.69 Å². The summed E-state index contributed by atoms with van der Waals surface area (Å²) in [5.41, 5.74) is 1.25. The monoisotopic (exact) mass is 350 g/mol. The second-order valence-corrected chi connectivity index (χ2v) is 7.04. The molecule has 1 aromatic carbocycles. The van der Waals surface area contributed by atoms with Crippen LogP contribution in [0.4, 0.5) is 5.69 Å². The number of anilines is 1. The predicted molar refractivity (Wildman–Crippen MR) is 98.8 cm³/mol. The highest BCUT2D eigenvalue weighted by Gasteiger charge is 2.21. The van der Waals surface area contributed by atoms with Crippen molar-refractivity contribution in [2.45, 2.75) is 25.3 Å². The fourth-order valence-corrected chi connectivity index (χ4v) is 3.55. The van der Waals surface area contributed by atoms with Gasteiger partial charge < -0.3 is 15.5 Å². The van der Waals surface area contributed by atoms with Gasteiger partial charge in [0.2, 0.25) is 5.91 Å². The number of benzene rings is 1. The van der Waals surface area contributed by atoms with E-state index in [-0.39, 0.29) is 11.9 Å². The highest BCUT2D eigenvalue weighted by Crippen LogP contribution is 2.19. The highest BCUT2D eigenvalue weighted by atomic mass is 35.5. The van der Waals surface area contributed by atoms with Crippen LogP contribution in [0.3, 0.4) is 0 Å². The number of amides is 1. The van der Waals surface area contributed by atoms with Crippen molar-refractivity contribution < 1.29 is 4.79 Å². The molecule has 2 fully saturated rings. The van der Waals surface area contributed by atoms with Gasteiger partial charge in [-0.25, -0.2) is 0 Å². The maximum atomic E-state index is 11.9. The summed E-state index contributed by atoms with van der Waals surface area (Å²) in [4.78, 5) is 16.8. The molecule has 0 aliphatic carbocycles. The first-order valence-electron chi connectivity index (χ1n) is 8.96. The van der Waals surface area contributed by atoms with Gasteiger partial charge in [-0.3, -0.25) is 9.69 Å². The Bertz CT molecular complexity index is 522. The number of piperazine rings is 1. The second kappa shape index (κ2) is 8.70. The van der Waals surface area contributed by atoms with Crippen molar-refractivity contribution in [3.8, 4) is 0 Å². The van der Waals surface area contributed by atoms with Crippen LogP contribution >= 0.6 is 11.6 Å². The molecule has 5 nitrogen and oxygen atoms in total. The van der Waals surface area contributed by atoms with Crippen LogP contribution in [-0.2, 0) is 4.79 Å². The fourth-order valence-electron chi connectivity index (χ4n) is 3.43. The molecule has 24 heavy (non-hydrogen) atoms. The minimum Gasteiger partial charge on any atom is -0.369 e. The van der Waals surface area contributed by atoms with Crippen LogP contribution in [0.25, 0.3) is 0 Å². The van der Waals surface area contributed by atoms with E-state index in [1.54, 1.807) is 0 Å². The molecular formula is C18H27ClN4O. The maximum absolute atomic E-state index is 11.9. The van der Waals surface area contributed by atoms with E-state index in [0.29, 0.717) is 0 Å². The number of nitrogens with one attached hydrogen (secondary N) is 2. The topological polar surface area (TPSA) is 47.6 Å². The number of carbonyl (C=O) groups is 1. The molecule has 1 atom stereocenters. The van der Waals surface area contributed by atoms with Crippen molar-refractivity contribution in [1.82, 2.24) is 15.5 Å². The van der Waals surface area contributed by atoms with Crippen LogP contribution in [0.5, 0.6) is 0 Å². The molecule has 132 valence electrons. The fraction of sp³-hybridized carbons (Fsp3) is 0.611. The van der Waals surface area contributed by atoms with Gasteiger partial charge in [0, 0.05) is 43.4 Å². The van der Waals surface area contributed by atoms with Gasteiger partial charge in [-0.15, -0.1) is 0 Å². The van der Waals surface area contributed by atoms with E-state index >= 15 is 0 Å². The second-order valence-electron chi connectivity index (χ2n) is 6.60. The first kappa shape index (κ1) is 17.5. The number of rotatable bonds is 6. The van der Waals surface area contributed by atoms with Crippen LogP contribution in [0.15, 0.2) is 24.3 Å². The summed E-state index contributed by atoms with van der Waals surface area (Å²) in [5.74, 6) is 0.167. The summed E-state index contributed by atoms with van der Waals surface area (Å²) in [5, 5.41) is 7.07. The van der Waals surface area contributed by atoms with Gasteiger partial charge in [-0.1, -0.05) is 11.6 Å². The van der Waals surface area contributed by atoms with Crippen molar-refractivity contribution >= 4 is 23.2 Å². The Morgan fingerprint density at radius 1 is 1.21 bits per heavy atom. The first-order chi connectivity index (χ1) is 11.7. The molecule has 2 heterocycles. The van der Waals surface area contributed by atoms with Gasteiger partial charge >= 0.3 is 0 Å². The average molecular weight is 351 g/mol. The van der Waals surface area contributed by atoms with Crippen LogP contribution in [0.2, 0.25) is 5.02 Å². The van der Waals surface area contributed by atoms with Gasteiger partial charge in [0.05, 0.1) is 6.04 Å². The number of hydrogen-bond acceptors (Lipinski definition) is 4. The summed E-state index contributed by atoms with van der Waals surface area (Å²) in [7, 11) is 0. The zero-order valence-corrected chi connectivity index (χ0v) is 14.9. The minimum absolute atomic E-state index is 0.0351. The molecule has 1 amide bonds. The Balaban J connectivity index is 1.31. The van der Waals surface area contributed by atoms with Crippen LogP contribution < -0.4 is 15.5 Å². The lowest BCUT2D eigenvalue weighted by molar-refractivity contribution is -0.122. The van der Waals surface area contributed by atoms with Gasteiger partial charge in [0.1, 0.15) is 0 Å². The van der Waals surface area contributed by atoms with E-state index in [0.717, 1.165) is 70.1 Å². The average Bonchev–Trinajstić information content (AvgIpc) is 3.15. The molecular weight excluding hydrogens is 324 g/mol. The van der Waals surface area contributed by atoms with E-state index in [9.17, 15) is 4.79 Å². The molecule has 3 rings (SSSR count). The minimum atomic E-state index is 0.0351. The Morgan fingerprint density at radius 3 is 2.62 bits per heavy atom. The molecule has 2 saturated heterocycles. The van der Waals surface area contributed by atoms with Crippen molar-refractivity contribution in [3.05, 3.63) is 29.3 Å². The van der Waals surface area contributed by atoms with Gasteiger partial charge in [0.25, 0.3) is 0 Å². The number of halogens is 1. The zero-order chi connectivity index (χ0) is 16.8. The quantitative estimate of drug-likeness (QED) is 0.767. The van der Waals surface area contributed by atoms with Crippen molar-refractivity contribution in [3.63, 3.8) is 0 Å². The standard InChI is InChI=1S/C18H27ClN4O/c19-15-4-6-16(7-5-15)23-13-11-22(12-14-23)10-2-9-21-18(24)17-3-1-8-20-17/h4-7,17,20H,1-3,8-14H2,(H,21,24)/t17-/m0/s1. The molecule has 0 spiro atoms. The largest absolute Gasteiger partial charge is 0.369 e. The summed E-state index contributed by atoms with van der Waals surface area (Å²) < 4.78 is 0. The Hall–Kier alpha value is -1.30. The number of carbonyl (C=O) groups excluding carboxylic acids is 1. The molecule has 0 aromatic heterocycles. The normalized spacial score (nSPS) is 21.9. The Kier molecular flexibility index (Phi) is 6.35. The summed E-state index contributed by atoms with van der Waals surface area (Å²) in [6.45, 7) is 7.01. The van der Waals surface area contributed by atoms with Gasteiger partial charge in [-0.2, -0.15) is 0 Å². The van der Waals surface area contributed by atoms with E-state index in [4.69, 9.17) is 11.6 Å². The third-order valence-electron chi connectivity index (χ3n) is 4.89. The van der Waals surface area contributed by atoms with Crippen LogP contribution in [-0.4, -0.2) is 62.7 Å². The van der Waals surface area contributed by atoms with E-state index < -0.39 is 0 Å². The third kappa shape index (κ3) is 4.85. The lowest BCUT2D eigenvalue weighted by atomic mass is 10.2. The van der Waals surface area contributed by atoms with Crippen molar-refractivity contribution in [1.29, 1.82) is 0 Å². The Morgan fingerprint density at radius 2 is 1.96 bits per heavy atom. The highest BCUT2D eigenvalue weighted by molar-refractivity contribution is 6.30. The SMILES string of the molecule is O=C(NCCCN1CCN(c2ccc(Cl)cc2)CC1)[C@@H]1CCCN1. The molecule has 2 N–H and O–H groups in total. The van der Waals surface area contributed by atoms with Gasteiger partial charge in [-0.05, 0) is 56.6 Å². The van der Waals surface area contributed by atoms with Crippen LogP contribution in [0, 0.1) is 0 Å². The maximum Gasteiger partial charge on any atom is 0.237 e. The molecule has 2 aliphatic rings. The Labute approximate surface area is 149 Å². The van der Waals surface area contributed by atoms with Crippen LogP contribution in [0.1, 0.15) is 19.3 Å². The van der Waals surface area contributed by atoms with E-state index in [2.05, 4.69) is 32.6 Å². The zero-order valence-electron chi connectivity index (χ0n) is 14.1. The predicted octanol–water partition coefficient (Wildman–Crippen LogP) is 1.72. The molecule has 0 unspecified atom stereocenters. The first-order valence-corrected chi connectivity index (χ1v) is 9.34. The van der Waals surface area contributed by atoms with E-state index in [1.807, 2.05) is 12.1 Å². The number of hydrogen-bond donors (Lipinski definition) is 2. The van der Waals surface area contributed by atoms with Crippen molar-refractivity contribution in [2.75, 3.05) is 50.7 Å². The molecule has 2 aliphatic heterocycles. The summed E-state index contributed by atoms with van der Waals surface area (Å²) in [6.07, 6.45) is 3.09. The molecule has 0 bridgehead atoms. The lowest BCUT2D eigenvalue weighted by Gasteiger charge is -2.36. The number of nitrogens with zero attached hydrogens (tertiary/aromatic N) is 2. The van der Waals surface area contributed by atoms with Gasteiger partial charge in [0.15, 0.2) is 0 Å². The van der Waals surface area contributed by atoms with Crippen molar-refractivity contribution in [2.24, 2.45) is 0 Å². The molecule has 6 heteroatoms.